The summed E-state index contributed by atoms with van der Waals surface area (Å²) in [5.74, 6) is 0.740. The van der Waals surface area contributed by atoms with Crippen molar-refractivity contribution in [2.45, 2.75) is 13.5 Å². The monoisotopic (exact) mass is 272 g/mol. The van der Waals surface area contributed by atoms with Gasteiger partial charge in [-0.1, -0.05) is 29.8 Å². The second-order valence-corrected chi connectivity index (χ2v) is 4.42. The normalized spacial score (nSPS) is 10.1. The van der Waals surface area contributed by atoms with Crippen LogP contribution in [0.15, 0.2) is 42.5 Å². The molecule has 0 fully saturated rings. The van der Waals surface area contributed by atoms with Gasteiger partial charge in [0.05, 0.1) is 4.92 Å². The Balaban J connectivity index is 2.19. The Kier molecular flexibility index (Phi) is 4.20. The van der Waals surface area contributed by atoms with Crippen LogP contribution < -0.4 is 10.1 Å². The van der Waals surface area contributed by atoms with Crippen LogP contribution in [-0.4, -0.2) is 12.0 Å². The summed E-state index contributed by atoms with van der Waals surface area (Å²) in [6.45, 7) is 2.28. The Morgan fingerprint density at radius 3 is 2.50 bits per heavy atom. The summed E-state index contributed by atoms with van der Waals surface area (Å²) in [5, 5.41) is 13.8. The Labute approximate surface area is 117 Å². The molecule has 20 heavy (non-hydrogen) atoms. The molecule has 0 aliphatic rings. The Morgan fingerprint density at radius 2 is 1.90 bits per heavy atom. The van der Waals surface area contributed by atoms with Crippen LogP contribution in [0.4, 0.5) is 11.4 Å². The maximum atomic E-state index is 11.0. The molecular formula is C15H16N2O3. The van der Waals surface area contributed by atoms with E-state index in [1.807, 2.05) is 37.3 Å². The lowest BCUT2D eigenvalue weighted by Crippen LogP contribution is -2.04. The van der Waals surface area contributed by atoms with E-state index in [4.69, 9.17) is 4.74 Å². The van der Waals surface area contributed by atoms with E-state index < -0.39 is 4.92 Å². The number of benzene rings is 2. The van der Waals surface area contributed by atoms with E-state index in [0.29, 0.717) is 5.69 Å². The molecule has 2 rings (SSSR count). The minimum Gasteiger partial charge on any atom is -0.489 e. The molecule has 5 heteroatoms. The van der Waals surface area contributed by atoms with Gasteiger partial charge in [0.15, 0.2) is 0 Å². The largest absolute Gasteiger partial charge is 0.489 e. The zero-order valence-corrected chi connectivity index (χ0v) is 11.4. The second-order valence-electron chi connectivity index (χ2n) is 4.42. The Bertz CT molecular complexity index is 609. The number of anilines is 1. The van der Waals surface area contributed by atoms with Crippen LogP contribution in [0.25, 0.3) is 0 Å². The summed E-state index contributed by atoms with van der Waals surface area (Å²) in [7, 11) is 1.66. The van der Waals surface area contributed by atoms with Gasteiger partial charge in [0.25, 0.3) is 5.69 Å². The molecule has 0 aliphatic heterocycles. The van der Waals surface area contributed by atoms with E-state index in [0.717, 1.165) is 16.9 Å². The maximum absolute atomic E-state index is 11.0. The molecule has 0 atom stereocenters. The molecule has 5 nitrogen and oxygen atoms in total. The highest BCUT2D eigenvalue weighted by Crippen LogP contribution is 2.28. The van der Waals surface area contributed by atoms with E-state index in [-0.39, 0.29) is 12.3 Å². The topological polar surface area (TPSA) is 64.4 Å². The molecule has 2 aromatic rings. The third kappa shape index (κ3) is 3.06. The standard InChI is InChI=1S/C15H16N2O3/c1-11-6-8-13(9-7-11)20-10-12-4-3-5-14(17(18)19)15(12)16-2/h3-9,16H,10H2,1-2H3. The fraction of sp³-hybridized carbons (Fsp3) is 0.200. The van der Waals surface area contributed by atoms with Crippen LogP contribution in [0.2, 0.25) is 0 Å². The smallest absolute Gasteiger partial charge is 0.292 e. The molecular weight excluding hydrogens is 256 g/mol. The first kappa shape index (κ1) is 13.9. The zero-order chi connectivity index (χ0) is 14.5. The molecule has 0 spiro atoms. The fourth-order valence-electron chi connectivity index (χ4n) is 1.94. The number of hydrogen-bond donors (Lipinski definition) is 1. The molecule has 0 saturated heterocycles. The van der Waals surface area contributed by atoms with Crippen LogP contribution in [-0.2, 0) is 6.61 Å². The van der Waals surface area contributed by atoms with Gasteiger partial charge in [0.2, 0.25) is 0 Å². The predicted molar refractivity (Wildman–Crippen MR) is 78.2 cm³/mol. The summed E-state index contributed by atoms with van der Waals surface area (Å²) >= 11 is 0. The van der Waals surface area contributed by atoms with Crippen molar-refractivity contribution in [1.29, 1.82) is 0 Å². The number of ether oxygens (including phenoxy) is 1. The van der Waals surface area contributed by atoms with Crippen molar-refractivity contribution < 1.29 is 9.66 Å². The molecule has 2 aromatic carbocycles. The van der Waals surface area contributed by atoms with Gasteiger partial charge >= 0.3 is 0 Å². The third-order valence-corrected chi connectivity index (χ3v) is 2.99. The minimum atomic E-state index is -0.402. The quantitative estimate of drug-likeness (QED) is 0.668. The van der Waals surface area contributed by atoms with E-state index in [9.17, 15) is 10.1 Å². The van der Waals surface area contributed by atoms with Crippen molar-refractivity contribution >= 4 is 11.4 Å². The molecule has 0 heterocycles. The van der Waals surface area contributed by atoms with Crippen LogP contribution in [0.3, 0.4) is 0 Å². The first-order valence-corrected chi connectivity index (χ1v) is 6.25. The number of para-hydroxylation sites is 1. The Morgan fingerprint density at radius 1 is 1.20 bits per heavy atom. The van der Waals surface area contributed by atoms with Crippen molar-refractivity contribution in [3.05, 3.63) is 63.7 Å². The summed E-state index contributed by atoms with van der Waals surface area (Å²) in [5.41, 5.74) is 2.45. The average Bonchev–Trinajstić information content (AvgIpc) is 2.46. The van der Waals surface area contributed by atoms with Gasteiger partial charge in [-0.15, -0.1) is 0 Å². The van der Waals surface area contributed by atoms with Gasteiger partial charge in [-0.25, -0.2) is 0 Å². The van der Waals surface area contributed by atoms with E-state index >= 15 is 0 Å². The second kappa shape index (κ2) is 6.06. The first-order chi connectivity index (χ1) is 9.61. The first-order valence-electron chi connectivity index (χ1n) is 6.25. The van der Waals surface area contributed by atoms with Crippen LogP contribution >= 0.6 is 0 Å². The minimum absolute atomic E-state index is 0.0532. The van der Waals surface area contributed by atoms with Gasteiger partial charge in [-0.3, -0.25) is 10.1 Å². The Hall–Kier alpha value is -2.56. The number of aryl methyl sites for hydroxylation is 1. The molecule has 0 unspecified atom stereocenters. The van der Waals surface area contributed by atoms with Gasteiger partial charge < -0.3 is 10.1 Å². The van der Waals surface area contributed by atoms with Crippen LogP contribution in [0, 0.1) is 17.0 Å². The molecule has 0 radical (unpaired) electrons. The van der Waals surface area contributed by atoms with Gasteiger partial charge in [-0.05, 0) is 19.1 Å². The highest BCUT2D eigenvalue weighted by molar-refractivity contribution is 5.65. The molecule has 1 N–H and O–H groups in total. The summed E-state index contributed by atoms with van der Waals surface area (Å²) < 4.78 is 5.66. The number of nitro benzene ring substituents is 1. The van der Waals surface area contributed by atoms with Crippen LogP contribution in [0.5, 0.6) is 5.75 Å². The van der Waals surface area contributed by atoms with Gasteiger partial charge in [0.1, 0.15) is 18.0 Å². The lowest BCUT2D eigenvalue weighted by Gasteiger charge is -2.11. The zero-order valence-electron chi connectivity index (χ0n) is 11.4. The lowest BCUT2D eigenvalue weighted by molar-refractivity contribution is -0.384. The summed E-state index contributed by atoms with van der Waals surface area (Å²) in [4.78, 5) is 10.6. The SMILES string of the molecule is CNc1c(COc2ccc(C)cc2)cccc1[N+](=O)[O-]. The lowest BCUT2D eigenvalue weighted by atomic mass is 10.1. The van der Waals surface area contributed by atoms with Crippen molar-refractivity contribution in [3.63, 3.8) is 0 Å². The number of nitro groups is 1. The highest BCUT2D eigenvalue weighted by atomic mass is 16.6. The van der Waals surface area contributed by atoms with E-state index in [2.05, 4.69) is 5.32 Å². The summed E-state index contributed by atoms with van der Waals surface area (Å²) in [6, 6.07) is 12.6. The fourth-order valence-corrected chi connectivity index (χ4v) is 1.94. The number of nitrogens with zero attached hydrogens (tertiary/aromatic N) is 1. The number of hydrogen-bond acceptors (Lipinski definition) is 4. The van der Waals surface area contributed by atoms with E-state index in [1.165, 1.54) is 6.07 Å². The molecule has 0 aromatic heterocycles. The highest BCUT2D eigenvalue weighted by Gasteiger charge is 2.16. The number of nitrogens with one attached hydrogen (secondary N) is 1. The van der Waals surface area contributed by atoms with Crippen molar-refractivity contribution in [3.8, 4) is 5.75 Å². The molecule has 104 valence electrons. The van der Waals surface area contributed by atoms with Crippen molar-refractivity contribution in [2.75, 3.05) is 12.4 Å². The van der Waals surface area contributed by atoms with Gasteiger partial charge in [-0.2, -0.15) is 0 Å². The average molecular weight is 272 g/mol. The maximum Gasteiger partial charge on any atom is 0.292 e. The molecule has 0 aliphatic carbocycles. The molecule has 0 bridgehead atoms. The predicted octanol–water partition coefficient (Wildman–Crippen LogP) is 3.52. The third-order valence-electron chi connectivity index (χ3n) is 2.99. The van der Waals surface area contributed by atoms with Crippen molar-refractivity contribution in [2.24, 2.45) is 0 Å². The van der Waals surface area contributed by atoms with Gasteiger partial charge in [0, 0.05) is 18.7 Å². The molecule has 0 amide bonds. The van der Waals surface area contributed by atoms with E-state index in [1.54, 1.807) is 13.1 Å². The van der Waals surface area contributed by atoms with Crippen molar-refractivity contribution in [1.82, 2.24) is 0 Å². The number of rotatable bonds is 5. The summed E-state index contributed by atoms with van der Waals surface area (Å²) in [6.07, 6.45) is 0. The van der Waals surface area contributed by atoms with Crippen LogP contribution in [0.1, 0.15) is 11.1 Å². The molecule has 0 saturated carbocycles.